The summed E-state index contributed by atoms with van der Waals surface area (Å²) in [6.07, 6.45) is 57.1. The smallest absolute Gasteiger partial charge is 0.306 e. The minimum absolute atomic E-state index is 0.0973. The third-order valence-corrected chi connectivity index (χ3v) is 9.55. The van der Waals surface area contributed by atoms with Crippen LogP contribution in [0.25, 0.3) is 0 Å². The highest BCUT2D eigenvalue weighted by Gasteiger charge is 2.19. The number of hydrogen-bond donors (Lipinski definition) is 0. The van der Waals surface area contributed by atoms with Crippen molar-refractivity contribution in [3.8, 4) is 0 Å². The van der Waals surface area contributed by atoms with E-state index in [0.29, 0.717) is 19.3 Å². The van der Waals surface area contributed by atoms with Crippen LogP contribution in [-0.4, -0.2) is 37.2 Å². The van der Waals surface area contributed by atoms with Crippen LogP contribution < -0.4 is 0 Å². The van der Waals surface area contributed by atoms with Gasteiger partial charge in [0.1, 0.15) is 13.2 Å². The molecule has 6 heteroatoms. The highest BCUT2D eigenvalue weighted by atomic mass is 16.6. The minimum Gasteiger partial charge on any atom is -0.462 e. The molecule has 57 heavy (non-hydrogen) atoms. The Labute approximate surface area is 350 Å². The van der Waals surface area contributed by atoms with Gasteiger partial charge in [-0.05, 0) is 57.8 Å². The molecular formula is C51H84O6. The summed E-state index contributed by atoms with van der Waals surface area (Å²) in [5.74, 6) is -0.964. The fourth-order valence-electron chi connectivity index (χ4n) is 6.10. The van der Waals surface area contributed by atoms with Gasteiger partial charge in [0.05, 0.1) is 0 Å². The molecule has 0 spiro atoms. The van der Waals surface area contributed by atoms with E-state index in [-0.39, 0.29) is 31.1 Å². The number of ether oxygens (including phenoxy) is 3. The molecule has 1 atom stereocenters. The Bertz CT molecular complexity index is 1140. The number of rotatable bonds is 40. The van der Waals surface area contributed by atoms with E-state index in [0.717, 1.165) is 96.3 Å². The first-order valence-corrected chi connectivity index (χ1v) is 23.2. The van der Waals surface area contributed by atoms with Crippen LogP contribution in [-0.2, 0) is 28.6 Å². The third-order valence-electron chi connectivity index (χ3n) is 9.55. The van der Waals surface area contributed by atoms with Gasteiger partial charge in [-0.15, -0.1) is 0 Å². The lowest BCUT2D eigenvalue weighted by molar-refractivity contribution is -0.167. The second kappa shape index (κ2) is 45.3. The van der Waals surface area contributed by atoms with Gasteiger partial charge in [0.2, 0.25) is 0 Å². The molecule has 0 aliphatic carbocycles. The molecule has 0 aromatic heterocycles. The normalized spacial score (nSPS) is 12.8. The molecule has 6 nitrogen and oxygen atoms in total. The van der Waals surface area contributed by atoms with Crippen LogP contribution in [0.1, 0.15) is 201 Å². The van der Waals surface area contributed by atoms with Crippen molar-refractivity contribution in [3.63, 3.8) is 0 Å². The predicted octanol–water partition coefficient (Wildman–Crippen LogP) is 14.9. The van der Waals surface area contributed by atoms with Crippen molar-refractivity contribution < 1.29 is 28.6 Å². The average Bonchev–Trinajstić information content (AvgIpc) is 3.21. The predicted molar refractivity (Wildman–Crippen MR) is 242 cm³/mol. The van der Waals surface area contributed by atoms with Gasteiger partial charge in [-0.3, -0.25) is 14.4 Å². The Hall–Kier alpha value is -3.41. The van der Waals surface area contributed by atoms with Crippen molar-refractivity contribution in [3.05, 3.63) is 85.1 Å². The van der Waals surface area contributed by atoms with Crippen molar-refractivity contribution in [2.75, 3.05) is 13.2 Å². The molecule has 0 bridgehead atoms. The summed E-state index contributed by atoms with van der Waals surface area (Å²) in [5, 5.41) is 0. The van der Waals surface area contributed by atoms with E-state index in [2.05, 4.69) is 63.3 Å². The van der Waals surface area contributed by atoms with Crippen LogP contribution in [0.4, 0.5) is 0 Å². The summed E-state index contributed by atoms with van der Waals surface area (Å²) in [6, 6.07) is 0. The molecule has 0 rings (SSSR count). The topological polar surface area (TPSA) is 78.9 Å². The lowest BCUT2D eigenvalue weighted by atomic mass is 10.0. The lowest BCUT2D eigenvalue weighted by Gasteiger charge is -2.18. The molecule has 324 valence electrons. The fourth-order valence-corrected chi connectivity index (χ4v) is 6.10. The number of unbranched alkanes of at least 4 members (excludes halogenated alkanes) is 20. The molecule has 0 aliphatic rings. The van der Waals surface area contributed by atoms with E-state index in [1.54, 1.807) is 0 Å². The van der Waals surface area contributed by atoms with Crippen molar-refractivity contribution >= 4 is 17.9 Å². The van der Waals surface area contributed by atoms with Gasteiger partial charge in [-0.1, -0.05) is 209 Å². The molecule has 0 saturated carbocycles. The van der Waals surface area contributed by atoms with Gasteiger partial charge in [0.15, 0.2) is 6.10 Å². The van der Waals surface area contributed by atoms with E-state index in [1.807, 2.05) is 42.5 Å². The molecule has 0 fully saturated rings. The molecule has 0 N–H and O–H groups in total. The lowest BCUT2D eigenvalue weighted by Crippen LogP contribution is -2.30. The summed E-state index contributed by atoms with van der Waals surface area (Å²) in [7, 11) is 0. The molecule has 0 saturated heterocycles. The van der Waals surface area contributed by atoms with E-state index in [1.165, 1.54) is 64.2 Å². The number of esters is 3. The first kappa shape index (κ1) is 53.6. The molecule has 0 aromatic rings. The standard InChI is InChI=1S/C51H84O6/c1-4-7-10-13-16-19-22-25-28-31-34-37-40-43-49(52)55-46-48(57-51(54)45-42-39-36-33-30-27-24-21-18-15-12-9-6-3)47-56-50(53)44-41-38-35-32-29-26-23-20-17-14-11-8-5-2/h7,9-10,12-13,15-16,18-19,21-22,24-25,28,48H,4-6,8,11,14,17,20,23,26-27,29-47H2,1-3H3/b10-7+,12-9+,16-13+,18-15+,22-19+,24-21+,28-25+. The molecule has 1 unspecified atom stereocenters. The van der Waals surface area contributed by atoms with Gasteiger partial charge in [-0.2, -0.15) is 0 Å². The van der Waals surface area contributed by atoms with E-state index in [9.17, 15) is 14.4 Å². The molecule has 0 amide bonds. The molecule has 0 aliphatic heterocycles. The Kier molecular flexibility index (Phi) is 42.6. The van der Waals surface area contributed by atoms with Crippen LogP contribution in [0.15, 0.2) is 85.1 Å². The molecule has 0 aromatic carbocycles. The number of carbonyl (C=O) groups is 3. The Morgan fingerprint density at radius 3 is 1.09 bits per heavy atom. The van der Waals surface area contributed by atoms with Crippen molar-refractivity contribution in [1.29, 1.82) is 0 Å². The maximum atomic E-state index is 12.7. The second-order valence-electron chi connectivity index (χ2n) is 15.1. The van der Waals surface area contributed by atoms with E-state index in [4.69, 9.17) is 14.2 Å². The van der Waals surface area contributed by atoms with E-state index >= 15 is 0 Å². The van der Waals surface area contributed by atoms with Gasteiger partial charge in [0.25, 0.3) is 0 Å². The Morgan fingerprint density at radius 2 is 0.684 bits per heavy atom. The first-order chi connectivity index (χ1) is 28.0. The second-order valence-corrected chi connectivity index (χ2v) is 15.1. The summed E-state index contributed by atoms with van der Waals surface area (Å²) < 4.78 is 16.7. The molecular weight excluding hydrogens is 709 g/mol. The monoisotopic (exact) mass is 793 g/mol. The van der Waals surface area contributed by atoms with Crippen LogP contribution in [0.2, 0.25) is 0 Å². The van der Waals surface area contributed by atoms with Crippen LogP contribution in [0, 0.1) is 0 Å². The quantitative estimate of drug-likeness (QED) is 0.0266. The zero-order valence-electron chi connectivity index (χ0n) is 36.8. The summed E-state index contributed by atoms with van der Waals surface area (Å²) in [5.41, 5.74) is 0. The van der Waals surface area contributed by atoms with Crippen molar-refractivity contribution in [2.24, 2.45) is 0 Å². The van der Waals surface area contributed by atoms with Crippen LogP contribution in [0.5, 0.6) is 0 Å². The van der Waals surface area contributed by atoms with Gasteiger partial charge in [-0.25, -0.2) is 0 Å². The zero-order chi connectivity index (χ0) is 41.5. The van der Waals surface area contributed by atoms with Crippen molar-refractivity contribution in [2.45, 2.75) is 207 Å². The third kappa shape index (κ3) is 43.6. The Balaban J connectivity index is 4.48. The maximum absolute atomic E-state index is 12.7. The Morgan fingerprint density at radius 1 is 0.368 bits per heavy atom. The number of allylic oxidation sites excluding steroid dienone is 14. The molecule has 0 radical (unpaired) electrons. The maximum Gasteiger partial charge on any atom is 0.306 e. The van der Waals surface area contributed by atoms with Gasteiger partial charge >= 0.3 is 17.9 Å². The fraction of sp³-hybridized carbons (Fsp3) is 0.667. The molecule has 0 heterocycles. The number of hydrogen-bond acceptors (Lipinski definition) is 6. The van der Waals surface area contributed by atoms with E-state index < -0.39 is 6.10 Å². The zero-order valence-corrected chi connectivity index (χ0v) is 36.8. The summed E-state index contributed by atoms with van der Waals surface area (Å²) >= 11 is 0. The largest absolute Gasteiger partial charge is 0.462 e. The highest BCUT2D eigenvalue weighted by Crippen LogP contribution is 2.14. The average molecular weight is 793 g/mol. The van der Waals surface area contributed by atoms with Crippen molar-refractivity contribution in [1.82, 2.24) is 0 Å². The van der Waals surface area contributed by atoms with Crippen LogP contribution in [0.3, 0.4) is 0 Å². The summed E-state index contributed by atoms with van der Waals surface area (Å²) in [6.45, 7) is 6.29. The summed E-state index contributed by atoms with van der Waals surface area (Å²) in [4.78, 5) is 37.8. The first-order valence-electron chi connectivity index (χ1n) is 23.2. The van der Waals surface area contributed by atoms with Crippen LogP contribution >= 0.6 is 0 Å². The SMILES string of the molecule is CC/C=C/C=C/C=C/C=C/CCCCCC(=O)OCC(COC(=O)CCCCCCCCCCCCCCC)OC(=O)CCCCCCC/C=C/C=C/C=C/CC. The van der Waals surface area contributed by atoms with Gasteiger partial charge in [0, 0.05) is 19.3 Å². The van der Waals surface area contributed by atoms with Gasteiger partial charge < -0.3 is 14.2 Å². The number of carbonyl (C=O) groups excluding carboxylic acids is 3. The highest BCUT2D eigenvalue weighted by molar-refractivity contribution is 5.71. The minimum atomic E-state index is -0.800.